The first kappa shape index (κ1) is 25.2. The molecule has 1 amide bonds. The lowest BCUT2D eigenvalue weighted by Crippen LogP contribution is -2.42. The van der Waals surface area contributed by atoms with E-state index in [2.05, 4.69) is 5.32 Å². The number of nitrogens with zero attached hydrogens (tertiary/aromatic N) is 2. The molecule has 1 aliphatic rings. The second-order valence-electron chi connectivity index (χ2n) is 8.90. The van der Waals surface area contributed by atoms with E-state index in [1.807, 2.05) is 57.1 Å². The molecule has 8 heteroatoms. The largest absolute Gasteiger partial charge is 0.497 e. The van der Waals surface area contributed by atoms with Gasteiger partial charge in [-0.25, -0.2) is 8.42 Å². The van der Waals surface area contributed by atoms with Crippen LogP contribution in [0.5, 0.6) is 5.75 Å². The number of likely N-dealkylation sites (N-methyl/N-ethyl adjacent to an activating group) is 1. The summed E-state index contributed by atoms with van der Waals surface area (Å²) in [5.41, 5.74) is 2.17. The molecule has 0 bridgehead atoms. The zero-order chi connectivity index (χ0) is 24.2. The van der Waals surface area contributed by atoms with Crippen LogP contribution >= 0.6 is 0 Å². The Balaban J connectivity index is 1.79. The highest BCUT2D eigenvalue weighted by atomic mass is 32.2. The second-order valence-corrected chi connectivity index (χ2v) is 10.8. The average molecular weight is 474 g/mol. The maximum atomic E-state index is 13.3. The molecule has 1 fully saturated rings. The Bertz CT molecular complexity index is 1070. The molecule has 1 saturated heterocycles. The Kier molecular flexibility index (Phi) is 8.15. The Hall–Kier alpha value is -2.42. The molecule has 0 aliphatic carbocycles. The third-order valence-electron chi connectivity index (χ3n) is 6.38. The lowest BCUT2D eigenvalue weighted by Gasteiger charge is -2.32. The molecular formula is C25H35N3O4S. The topological polar surface area (TPSA) is 78.9 Å². The highest BCUT2D eigenvalue weighted by Gasteiger charge is 2.31. The molecule has 33 heavy (non-hydrogen) atoms. The van der Waals surface area contributed by atoms with E-state index in [-0.39, 0.29) is 22.9 Å². The number of aryl methyl sites for hydroxylation is 1. The number of ether oxygens (including phenoxy) is 1. The van der Waals surface area contributed by atoms with Crippen LogP contribution in [0, 0.1) is 6.92 Å². The van der Waals surface area contributed by atoms with Crippen molar-refractivity contribution in [3.63, 3.8) is 0 Å². The monoisotopic (exact) mass is 473 g/mol. The average Bonchev–Trinajstić information content (AvgIpc) is 2.79. The minimum absolute atomic E-state index is 0.0346. The van der Waals surface area contributed by atoms with Crippen molar-refractivity contribution in [2.75, 3.05) is 34.3 Å². The normalized spacial score (nSPS) is 18.2. The van der Waals surface area contributed by atoms with Crippen LogP contribution in [0.3, 0.4) is 0 Å². The van der Waals surface area contributed by atoms with E-state index in [0.717, 1.165) is 36.1 Å². The van der Waals surface area contributed by atoms with E-state index < -0.39 is 10.0 Å². The number of methoxy groups -OCH3 is 1. The van der Waals surface area contributed by atoms with Crippen LogP contribution in [-0.2, 0) is 10.0 Å². The van der Waals surface area contributed by atoms with E-state index >= 15 is 0 Å². The van der Waals surface area contributed by atoms with E-state index in [1.165, 1.54) is 6.07 Å². The zero-order valence-electron chi connectivity index (χ0n) is 20.2. The molecule has 2 aromatic carbocycles. The first-order valence-electron chi connectivity index (χ1n) is 11.4. The molecule has 1 N–H and O–H groups in total. The van der Waals surface area contributed by atoms with Gasteiger partial charge >= 0.3 is 0 Å². The number of sulfonamides is 1. The Morgan fingerprint density at radius 3 is 2.48 bits per heavy atom. The van der Waals surface area contributed by atoms with E-state index in [9.17, 15) is 13.2 Å². The fourth-order valence-electron chi connectivity index (χ4n) is 4.28. The molecule has 0 radical (unpaired) electrons. The predicted octanol–water partition coefficient (Wildman–Crippen LogP) is 3.60. The molecule has 180 valence electrons. The number of carbonyl (C=O) groups is 1. The van der Waals surface area contributed by atoms with Gasteiger partial charge in [-0.3, -0.25) is 4.79 Å². The van der Waals surface area contributed by atoms with Crippen LogP contribution in [0.25, 0.3) is 0 Å². The lowest BCUT2D eigenvalue weighted by molar-refractivity contribution is 0.0941. The molecule has 7 nitrogen and oxygen atoms in total. The fraction of sp³-hybridized carbons (Fsp3) is 0.480. The van der Waals surface area contributed by atoms with Crippen LogP contribution in [0.1, 0.15) is 53.7 Å². The number of hydrogen-bond donors (Lipinski definition) is 1. The highest BCUT2D eigenvalue weighted by molar-refractivity contribution is 7.89. The van der Waals surface area contributed by atoms with Gasteiger partial charge in [0.2, 0.25) is 10.0 Å². The van der Waals surface area contributed by atoms with Crippen LogP contribution < -0.4 is 10.1 Å². The molecular weight excluding hydrogens is 438 g/mol. The fourth-order valence-corrected chi connectivity index (χ4v) is 6.01. The number of benzene rings is 2. The Morgan fingerprint density at radius 1 is 1.18 bits per heavy atom. The number of rotatable bonds is 8. The van der Waals surface area contributed by atoms with Gasteiger partial charge in [-0.05, 0) is 76.2 Å². The molecule has 2 atom stereocenters. The Morgan fingerprint density at radius 2 is 1.88 bits per heavy atom. The van der Waals surface area contributed by atoms with Crippen molar-refractivity contribution in [1.29, 1.82) is 0 Å². The summed E-state index contributed by atoms with van der Waals surface area (Å²) >= 11 is 0. The first-order chi connectivity index (χ1) is 15.6. The van der Waals surface area contributed by atoms with Gasteiger partial charge in [0.1, 0.15) is 5.75 Å². The molecule has 0 saturated carbocycles. The van der Waals surface area contributed by atoms with Gasteiger partial charge in [0.25, 0.3) is 5.91 Å². The van der Waals surface area contributed by atoms with Crippen molar-refractivity contribution in [2.45, 2.75) is 50.1 Å². The summed E-state index contributed by atoms with van der Waals surface area (Å²) in [7, 11) is 1.90. The van der Waals surface area contributed by atoms with Gasteiger partial charge in [0, 0.05) is 24.7 Å². The quantitative estimate of drug-likeness (QED) is 0.634. The number of carbonyl (C=O) groups excluding carboxylic acids is 1. The molecule has 1 aliphatic heterocycles. The van der Waals surface area contributed by atoms with Crippen molar-refractivity contribution in [3.8, 4) is 5.75 Å². The van der Waals surface area contributed by atoms with Crippen molar-refractivity contribution in [1.82, 2.24) is 14.5 Å². The van der Waals surface area contributed by atoms with Gasteiger partial charge < -0.3 is 15.0 Å². The van der Waals surface area contributed by atoms with Gasteiger partial charge in [-0.15, -0.1) is 0 Å². The summed E-state index contributed by atoms with van der Waals surface area (Å²) < 4.78 is 33.3. The molecule has 3 rings (SSSR count). The minimum atomic E-state index is -3.65. The van der Waals surface area contributed by atoms with Crippen molar-refractivity contribution in [2.24, 2.45) is 0 Å². The summed E-state index contributed by atoms with van der Waals surface area (Å²) in [4.78, 5) is 15.3. The summed E-state index contributed by atoms with van der Waals surface area (Å²) in [6, 6.07) is 12.5. The molecule has 0 aromatic heterocycles. The standard InChI is InChI=1S/C25H35N3O4S/c1-18-9-14-22(33(30,31)28-15-7-6-8-19(28)2)16-23(18)25(29)26-17-24(27(3)4)20-10-12-21(32-5)13-11-20/h9-14,16,19,24H,6-8,15,17H2,1-5H3,(H,26,29). The molecule has 2 unspecified atom stereocenters. The second kappa shape index (κ2) is 10.7. The summed E-state index contributed by atoms with van der Waals surface area (Å²) in [5, 5.41) is 3.00. The zero-order valence-corrected chi connectivity index (χ0v) is 21.0. The molecule has 0 spiro atoms. The number of hydrogen-bond acceptors (Lipinski definition) is 5. The number of amides is 1. The smallest absolute Gasteiger partial charge is 0.251 e. The first-order valence-corrected chi connectivity index (χ1v) is 12.8. The van der Waals surface area contributed by atoms with Crippen LogP contribution in [-0.4, -0.2) is 63.9 Å². The number of nitrogens with one attached hydrogen (secondary N) is 1. The third kappa shape index (κ3) is 5.75. The highest BCUT2D eigenvalue weighted by Crippen LogP contribution is 2.27. The predicted molar refractivity (Wildman–Crippen MR) is 130 cm³/mol. The van der Waals surface area contributed by atoms with E-state index in [1.54, 1.807) is 23.5 Å². The Labute approximate surface area is 197 Å². The summed E-state index contributed by atoms with van der Waals surface area (Å²) in [6.45, 7) is 4.67. The third-order valence-corrected chi connectivity index (χ3v) is 8.39. The number of piperidine rings is 1. The van der Waals surface area contributed by atoms with Crippen LogP contribution in [0.4, 0.5) is 0 Å². The SMILES string of the molecule is COc1ccc(C(CNC(=O)c2cc(S(=O)(=O)N3CCCCC3C)ccc2C)N(C)C)cc1. The maximum Gasteiger partial charge on any atom is 0.251 e. The summed E-state index contributed by atoms with van der Waals surface area (Å²) in [6.07, 6.45) is 2.76. The minimum Gasteiger partial charge on any atom is -0.497 e. The molecule has 2 aromatic rings. The van der Waals surface area contributed by atoms with Gasteiger partial charge in [0.05, 0.1) is 18.0 Å². The van der Waals surface area contributed by atoms with Gasteiger partial charge in [-0.1, -0.05) is 24.6 Å². The van der Waals surface area contributed by atoms with Gasteiger partial charge in [0.15, 0.2) is 0 Å². The summed E-state index contributed by atoms with van der Waals surface area (Å²) in [5.74, 6) is 0.494. The van der Waals surface area contributed by atoms with Crippen molar-refractivity contribution < 1.29 is 17.9 Å². The van der Waals surface area contributed by atoms with E-state index in [4.69, 9.17) is 4.74 Å². The maximum absolute atomic E-state index is 13.3. The van der Waals surface area contributed by atoms with Gasteiger partial charge in [-0.2, -0.15) is 4.31 Å². The van der Waals surface area contributed by atoms with E-state index in [0.29, 0.717) is 18.7 Å². The molecule has 1 heterocycles. The van der Waals surface area contributed by atoms with Crippen molar-refractivity contribution in [3.05, 3.63) is 59.2 Å². The van der Waals surface area contributed by atoms with Crippen LogP contribution in [0.2, 0.25) is 0 Å². The van der Waals surface area contributed by atoms with Crippen LogP contribution in [0.15, 0.2) is 47.4 Å². The van der Waals surface area contributed by atoms with Crippen molar-refractivity contribution >= 4 is 15.9 Å². The lowest BCUT2D eigenvalue weighted by atomic mass is 10.0.